The van der Waals surface area contributed by atoms with Gasteiger partial charge in [0.15, 0.2) is 0 Å². The molecule has 8 heteroatoms. The Morgan fingerprint density at radius 3 is 2.18 bits per heavy atom. The number of hydrogen-bond donors (Lipinski definition) is 3. The van der Waals surface area contributed by atoms with Crippen molar-refractivity contribution in [3.8, 4) is 5.75 Å². The van der Waals surface area contributed by atoms with Crippen molar-refractivity contribution in [1.29, 1.82) is 0 Å². The lowest BCUT2D eigenvalue weighted by molar-refractivity contribution is -0.150. The van der Waals surface area contributed by atoms with E-state index in [1.165, 1.54) is 0 Å². The lowest BCUT2D eigenvalue weighted by Gasteiger charge is -2.25. The van der Waals surface area contributed by atoms with Gasteiger partial charge >= 0.3 is 5.97 Å². The summed E-state index contributed by atoms with van der Waals surface area (Å²) in [7, 11) is 0. The highest BCUT2D eigenvalue weighted by atomic mass is 16.5. The number of benzene rings is 4. The van der Waals surface area contributed by atoms with Crippen LogP contribution in [0.15, 0.2) is 127 Å². The molecule has 0 aliphatic carbocycles. The number of esters is 1. The molecule has 0 saturated carbocycles. The second kappa shape index (κ2) is 19.8. The minimum atomic E-state index is -0.655. The zero-order valence-electron chi connectivity index (χ0n) is 29.0. The van der Waals surface area contributed by atoms with Gasteiger partial charge in [0.1, 0.15) is 19.0 Å². The molecule has 266 valence electrons. The van der Waals surface area contributed by atoms with Gasteiger partial charge in [0.25, 0.3) is 0 Å². The van der Waals surface area contributed by atoms with E-state index in [1.54, 1.807) is 0 Å². The molecule has 8 nitrogen and oxygen atoms in total. The number of cyclic esters (lactones) is 1. The molecule has 4 atom stereocenters. The second-order valence-electron chi connectivity index (χ2n) is 13.1. The Balaban J connectivity index is 1.21. The molecule has 5 rings (SSSR count). The minimum absolute atomic E-state index is 0.0166. The summed E-state index contributed by atoms with van der Waals surface area (Å²) in [4.78, 5) is 40.5. The maximum atomic E-state index is 13.8. The van der Waals surface area contributed by atoms with Crippen LogP contribution in [0.1, 0.15) is 60.4 Å². The average molecular weight is 689 g/mol. The predicted molar refractivity (Wildman–Crippen MR) is 198 cm³/mol. The number of aliphatic hydroxyl groups excluding tert-OH is 1. The number of carbonyl (C=O) groups excluding carboxylic acids is 3. The van der Waals surface area contributed by atoms with Gasteiger partial charge in [-0.1, -0.05) is 115 Å². The summed E-state index contributed by atoms with van der Waals surface area (Å²) in [5.41, 5.74) is 3.90. The lowest BCUT2D eigenvalue weighted by atomic mass is 9.93. The van der Waals surface area contributed by atoms with E-state index >= 15 is 0 Å². The Bertz CT molecular complexity index is 1680. The number of ether oxygens (including phenoxy) is 2. The smallest absolute Gasteiger partial charge is 0.309 e. The van der Waals surface area contributed by atoms with Crippen LogP contribution in [0, 0.1) is 11.8 Å². The van der Waals surface area contributed by atoms with Crippen molar-refractivity contribution in [1.82, 2.24) is 10.6 Å². The molecule has 4 aromatic carbocycles. The Labute approximate surface area is 300 Å². The molecule has 4 aromatic rings. The number of nitrogens with one attached hydrogen (secondary N) is 2. The third-order valence-electron chi connectivity index (χ3n) is 9.12. The highest BCUT2D eigenvalue weighted by molar-refractivity contribution is 5.86. The van der Waals surface area contributed by atoms with Crippen LogP contribution in [0.5, 0.6) is 5.75 Å². The Morgan fingerprint density at radius 2 is 1.49 bits per heavy atom. The molecule has 1 heterocycles. The van der Waals surface area contributed by atoms with Gasteiger partial charge in [-0.2, -0.15) is 0 Å². The number of aliphatic hydroxyl groups is 1. The summed E-state index contributed by atoms with van der Waals surface area (Å²) in [5, 5.41) is 16.1. The fourth-order valence-electron chi connectivity index (χ4n) is 6.24. The summed E-state index contributed by atoms with van der Waals surface area (Å²) >= 11 is 0. The van der Waals surface area contributed by atoms with E-state index < -0.39 is 18.0 Å². The molecule has 0 radical (unpaired) electrons. The van der Waals surface area contributed by atoms with Crippen LogP contribution < -0.4 is 15.4 Å². The van der Waals surface area contributed by atoms with Crippen molar-refractivity contribution in [3.63, 3.8) is 0 Å². The van der Waals surface area contributed by atoms with Crippen molar-refractivity contribution in [3.05, 3.63) is 150 Å². The van der Waals surface area contributed by atoms with Gasteiger partial charge in [0, 0.05) is 6.42 Å². The van der Waals surface area contributed by atoms with Gasteiger partial charge in [-0.05, 0) is 72.9 Å². The summed E-state index contributed by atoms with van der Waals surface area (Å²) < 4.78 is 11.8. The molecule has 2 amide bonds. The van der Waals surface area contributed by atoms with E-state index in [0.717, 1.165) is 40.8 Å². The average Bonchev–Trinajstić information content (AvgIpc) is 3.16. The highest BCUT2D eigenvalue weighted by Gasteiger charge is 2.28. The van der Waals surface area contributed by atoms with Crippen LogP contribution >= 0.6 is 0 Å². The predicted octanol–water partition coefficient (Wildman–Crippen LogP) is 6.68. The van der Waals surface area contributed by atoms with Crippen molar-refractivity contribution in [2.45, 2.75) is 63.6 Å². The molecule has 0 bridgehead atoms. The van der Waals surface area contributed by atoms with Crippen molar-refractivity contribution in [2.24, 2.45) is 11.8 Å². The van der Waals surface area contributed by atoms with Gasteiger partial charge in [-0.25, -0.2) is 0 Å². The van der Waals surface area contributed by atoms with Gasteiger partial charge in [0.05, 0.1) is 30.5 Å². The van der Waals surface area contributed by atoms with Gasteiger partial charge in [-0.15, -0.1) is 0 Å². The number of amides is 2. The van der Waals surface area contributed by atoms with E-state index in [2.05, 4.69) is 10.6 Å². The third-order valence-corrected chi connectivity index (χ3v) is 9.12. The summed E-state index contributed by atoms with van der Waals surface area (Å²) in [6.45, 7) is 0.199. The van der Waals surface area contributed by atoms with Crippen molar-refractivity contribution >= 4 is 17.8 Å². The van der Waals surface area contributed by atoms with Crippen LogP contribution in [0.3, 0.4) is 0 Å². The molecule has 51 heavy (non-hydrogen) atoms. The SMILES string of the molecule is O=C(C[C@H]1CC=CCCC[C@H](Cc2ccccc2)C(=O)OC[C@@H](c2ccccc2)NC1=O)N[C@H](CO)Cc1ccc(OCc2ccccc2)cc1. The summed E-state index contributed by atoms with van der Waals surface area (Å²) in [6.07, 6.45) is 7.52. The number of hydrogen-bond acceptors (Lipinski definition) is 6. The van der Waals surface area contributed by atoms with Crippen LogP contribution in [0.2, 0.25) is 0 Å². The number of allylic oxidation sites excluding steroid dienone is 2. The van der Waals surface area contributed by atoms with Gasteiger partial charge in [0.2, 0.25) is 11.8 Å². The summed E-state index contributed by atoms with van der Waals surface area (Å²) in [6, 6.07) is 35.8. The number of rotatable bonds is 12. The van der Waals surface area contributed by atoms with E-state index in [9.17, 15) is 19.5 Å². The molecular formula is C43H48N2O6. The zero-order valence-corrected chi connectivity index (χ0v) is 29.0. The lowest BCUT2D eigenvalue weighted by Crippen LogP contribution is -2.42. The van der Waals surface area contributed by atoms with Crippen LogP contribution in [-0.4, -0.2) is 42.1 Å². The Hall–Kier alpha value is -5.21. The van der Waals surface area contributed by atoms with E-state index in [-0.39, 0.29) is 43.3 Å². The van der Waals surface area contributed by atoms with E-state index in [4.69, 9.17) is 9.47 Å². The molecular weight excluding hydrogens is 640 g/mol. The molecule has 0 aromatic heterocycles. The largest absolute Gasteiger partial charge is 0.489 e. The van der Waals surface area contributed by atoms with Crippen molar-refractivity contribution < 1.29 is 29.0 Å². The van der Waals surface area contributed by atoms with E-state index in [1.807, 2.05) is 127 Å². The first-order valence-electron chi connectivity index (χ1n) is 17.8. The topological polar surface area (TPSA) is 114 Å². The maximum absolute atomic E-state index is 13.8. The first kappa shape index (κ1) is 37.1. The van der Waals surface area contributed by atoms with Crippen LogP contribution in [0.25, 0.3) is 0 Å². The zero-order chi connectivity index (χ0) is 35.7. The monoisotopic (exact) mass is 688 g/mol. The Kier molecular flexibility index (Phi) is 14.4. The Morgan fingerprint density at radius 1 is 0.824 bits per heavy atom. The summed E-state index contributed by atoms with van der Waals surface area (Å²) in [5.74, 6) is -1.12. The highest BCUT2D eigenvalue weighted by Crippen LogP contribution is 2.22. The molecule has 0 unspecified atom stereocenters. The molecule has 3 N–H and O–H groups in total. The maximum Gasteiger partial charge on any atom is 0.309 e. The third kappa shape index (κ3) is 12.3. The van der Waals surface area contributed by atoms with Crippen LogP contribution in [0.4, 0.5) is 0 Å². The quantitative estimate of drug-likeness (QED) is 0.113. The van der Waals surface area contributed by atoms with Gasteiger partial charge < -0.3 is 25.2 Å². The standard InChI is InChI=1S/C43H48N2O6/c46-29-38(27-33-22-24-39(25-23-33)50-30-34-16-8-4-9-17-34)44-41(47)28-36-20-10-1-2-11-21-37(26-32-14-6-3-7-15-32)43(49)51-31-40(45-42(36)48)35-18-12-5-13-19-35/h1,3-10,12-19,22-25,36-38,40,46H,2,11,20-21,26-31H2,(H,44,47)(H,45,48)/t36-,37-,38+,40+/m1/s1. The van der Waals surface area contributed by atoms with Crippen LogP contribution in [-0.2, 0) is 38.6 Å². The minimum Gasteiger partial charge on any atom is -0.489 e. The first-order valence-corrected chi connectivity index (χ1v) is 17.8. The fraction of sp³-hybridized carbons (Fsp3) is 0.326. The second-order valence-corrected chi connectivity index (χ2v) is 13.1. The molecule has 0 fully saturated rings. The van der Waals surface area contributed by atoms with Gasteiger partial charge in [-0.3, -0.25) is 14.4 Å². The fourth-order valence-corrected chi connectivity index (χ4v) is 6.24. The first-order chi connectivity index (χ1) is 25.0. The molecule has 0 spiro atoms. The molecule has 1 aliphatic rings. The normalized spacial score (nSPS) is 19.2. The van der Waals surface area contributed by atoms with E-state index in [0.29, 0.717) is 32.3 Å². The van der Waals surface area contributed by atoms with Crippen molar-refractivity contribution in [2.75, 3.05) is 13.2 Å². The number of carbonyl (C=O) groups is 3. The molecule has 1 aliphatic heterocycles. The molecule has 0 saturated heterocycles.